The normalized spacial score (nSPS) is 14.8. The molecular weight excluding hydrogens is 349 g/mol. The number of rotatable bonds is 6. The van der Waals surface area contributed by atoms with Gasteiger partial charge in [-0.2, -0.15) is 0 Å². The number of halogens is 1. The minimum atomic E-state index is -0.289. The molecule has 0 atom stereocenters. The summed E-state index contributed by atoms with van der Waals surface area (Å²) in [6, 6.07) is 13.6. The maximum atomic E-state index is 14.4. The molecule has 1 fully saturated rings. The fourth-order valence-electron chi connectivity index (χ4n) is 3.37. The first-order valence-electron chi connectivity index (χ1n) is 8.96. The quantitative estimate of drug-likeness (QED) is 0.595. The molecule has 1 aromatic heterocycles. The molecule has 5 heteroatoms. The minimum Gasteiger partial charge on any atom is -0.494 e. The van der Waals surface area contributed by atoms with E-state index in [1.807, 2.05) is 36.4 Å². The van der Waals surface area contributed by atoms with Gasteiger partial charge in [0, 0.05) is 11.4 Å². The van der Waals surface area contributed by atoms with Crippen LogP contribution in [0.2, 0.25) is 0 Å². The second kappa shape index (κ2) is 7.64. The van der Waals surface area contributed by atoms with Crippen molar-refractivity contribution in [3.05, 3.63) is 48.3 Å². The predicted molar refractivity (Wildman–Crippen MR) is 105 cm³/mol. The van der Waals surface area contributed by atoms with Crippen molar-refractivity contribution in [2.45, 2.75) is 12.8 Å². The summed E-state index contributed by atoms with van der Waals surface area (Å²) in [4.78, 5) is 3.48. The van der Waals surface area contributed by atoms with Crippen LogP contribution in [0.15, 0.2) is 42.5 Å². The van der Waals surface area contributed by atoms with Crippen LogP contribution in [0.5, 0.6) is 11.5 Å². The van der Waals surface area contributed by atoms with Crippen LogP contribution in [0.1, 0.15) is 12.8 Å². The standard InChI is InChI=1S/C21H22FNO2S/c1-24-18-9-6-16-14-19(26-21(16)20(18)22)15-4-7-17(8-5-15)25-13-12-23-10-2-3-11-23/h4-9,14H,2-3,10-13H2,1H3. The van der Waals surface area contributed by atoms with E-state index in [1.54, 1.807) is 6.07 Å². The van der Waals surface area contributed by atoms with Gasteiger partial charge < -0.3 is 9.47 Å². The molecule has 1 saturated heterocycles. The molecule has 2 aromatic carbocycles. The van der Waals surface area contributed by atoms with E-state index < -0.39 is 0 Å². The van der Waals surface area contributed by atoms with E-state index in [0.717, 1.165) is 28.1 Å². The first kappa shape index (κ1) is 17.3. The van der Waals surface area contributed by atoms with Gasteiger partial charge in [-0.3, -0.25) is 4.90 Å². The second-order valence-corrected chi connectivity index (χ2v) is 7.58. The fraction of sp³-hybridized carbons (Fsp3) is 0.333. The molecular formula is C21H22FNO2S. The Morgan fingerprint density at radius 3 is 2.58 bits per heavy atom. The molecule has 0 aliphatic carbocycles. The zero-order valence-corrected chi connectivity index (χ0v) is 15.7. The van der Waals surface area contributed by atoms with Gasteiger partial charge in [-0.05, 0) is 79.3 Å². The summed E-state index contributed by atoms with van der Waals surface area (Å²) in [5.41, 5.74) is 1.07. The lowest BCUT2D eigenvalue weighted by atomic mass is 10.1. The van der Waals surface area contributed by atoms with E-state index in [9.17, 15) is 4.39 Å². The molecule has 26 heavy (non-hydrogen) atoms. The molecule has 0 saturated carbocycles. The summed E-state index contributed by atoms with van der Waals surface area (Å²) in [7, 11) is 1.49. The molecule has 0 radical (unpaired) electrons. The topological polar surface area (TPSA) is 21.7 Å². The smallest absolute Gasteiger partial charge is 0.182 e. The highest BCUT2D eigenvalue weighted by atomic mass is 32.1. The number of hydrogen-bond donors (Lipinski definition) is 0. The predicted octanol–water partition coefficient (Wildman–Crippen LogP) is 5.19. The molecule has 136 valence electrons. The van der Waals surface area contributed by atoms with Crippen LogP contribution in [-0.4, -0.2) is 38.3 Å². The third-order valence-corrected chi connectivity index (χ3v) is 6.02. The average Bonchev–Trinajstić information content (AvgIpc) is 3.33. The Balaban J connectivity index is 1.46. The van der Waals surface area contributed by atoms with Crippen LogP contribution in [0.3, 0.4) is 0 Å². The Hall–Kier alpha value is -2.11. The van der Waals surface area contributed by atoms with Gasteiger partial charge in [-0.15, -0.1) is 11.3 Å². The molecule has 3 aromatic rings. The molecule has 0 bridgehead atoms. The highest BCUT2D eigenvalue weighted by Gasteiger charge is 2.13. The van der Waals surface area contributed by atoms with Crippen LogP contribution < -0.4 is 9.47 Å². The number of nitrogens with zero attached hydrogens (tertiary/aromatic N) is 1. The van der Waals surface area contributed by atoms with Gasteiger partial charge in [-0.25, -0.2) is 4.39 Å². The number of thiophene rings is 1. The van der Waals surface area contributed by atoms with E-state index >= 15 is 0 Å². The van der Waals surface area contributed by atoms with Crippen LogP contribution >= 0.6 is 11.3 Å². The van der Waals surface area contributed by atoms with E-state index in [2.05, 4.69) is 4.90 Å². The number of likely N-dealkylation sites (tertiary alicyclic amines) is 1. The Morgan fingerprint density at radius 1 is 1.08 bits per heavy atom. The maximum Gasteiger partial charge on any atom is 0.182 e. The van der Waals surface area contributed by atoms with Crippen molar-refractivity contribution >= 4 is 21.4 Å². The van der Waals surface area contributed by atoms with E-state index in [0.29, 0.717) is 11.3 Å². The summed E-state index contributed by atoms with van der Waals surface area (Å²) < 4.78 is 25.9. The van der Waals surface area contributed by atoms with Crippen LogP contribution in [0, 0.1) is 5.82 Å². The van der Waals surface area contributed by atoms with Crippen LogP contribution in [0.25, 0.3) is 20.5 Å². The molecule has 4 rings (SSSR count). The van der Waals surface area contributed by atoms with Crippen molar-refractivity contribution in [2.24, 2.45) is 0 Å². The molecule has 0 amide bonds. The average molecular weight is 371 g/mol. The van der Waals surface area contributed by atoms with Crippen molar-refractivity contribution in [3.63, 3.8) is 0 Å². The van der Waals surface area contributed by atoms with Crippen molar-refractivity contribution in [1.29, 1.82) is 0 Å². The molecule has 2 heterocycles. The fourth-order valence-corrected chi connectivity index (χ4v) is 4.46. The number of fused-ring (bicyclic) bond motifs is 1. The van der Waals surface area contributed by atoms with E-state index in [4.69, 9.17) is 9.47 Å². The lowest BCUT2D eigenvalue weighted by molar-refractivity contribution is 0.238. The molecule has 0 N–H and O–H groups in total. The van der Waals surface area contributed by atoms with E-state index in [1.165, 1.54) is 44.4 Å². The first-order valence-corrected chi connectivity index (χ1v) is 9.78. The van der Waals surface area contributed by atoms with Crippen molar-refractivity contribution in [3.8, 4) is 21.9 Å². The SMILES string of the molecule is COc1ccc2cc(-c3ccc(OCCN4CCCC4)cc3)sc2c1F. The van der Waals surface area contributed by atoms with Gasteiger partial charge in [0.05, 0.1) is 11.8 Å². The summed E-state index contributed by atoms with van der Waals surface area (Å²) in [5.74, 6) is 0.873. The van der Waals surface area contributed by atoms with Crippen molar-refractivity contribution < 1.29 is 13.9 Å². The summed E-state index contributed by atoms with van der Waals surface area (Å²) in [6.07, 6.45) is 2.60. The molecule has 1 aliphatic rings. The molecule has 0 unspecified atom stereocenters. The van der Waals surface area contributed by atoms with Crippen LogP contribution in [-0.2, 0) is 0 Å². The lowest BCUT2D eigenvalue weighted by Crippen LogP contribution is -2.25. The highest BCUT2D eigenvalue weighted by molar-refractivity contribution is 7.22. The van der Waals surface area contributed by atoms with Gasteiger partial charge in [0.15, 0.2) is 11.6 Å². The summed E-state index contributed by atoms with van der Waals surface area (Å²) in [5, 5.41) is 0.897. The first-order chi connectivity index (χ1) is 12.7. The summed E-state index contributed by atoms with van der Waals surface area (Å²) in [6.45, 7) is 4.08. The minimum absolute atomic E-state index is 0.285. The second-order valence-electron chi connectivity index (χ2n) is 6.53. The van der Waals surface area contributed by atoms with Gasteiger partial charge in [-0.1, -0.05) is 0 Å². The van der Waals surface area contributed by atoms with Gasteiger partial charge in [0.1, 0.15) is 12.4 Å². The third-order valence-electron chi connectivity index (χ3n) is 4.82. The number of ether oxygens (including phenoxy) is 2. The van der Waals surface area contributed by atoms with Gasteiger partial charge >= 0.3 is 0 Å². The van der Waals surface area contributed by atoms with Crippen molar-refractivity contribution in [1.82, 2.24) is 4.90 Å². The lowest BCUT2D eigenvalue weighted by Gasteiger charge is -2.14. The largest absolute Gasteiger partial charge is 0.494 e. The van der Waals surface area contributed by atoms with Gasteiger partial charge in [0.25, 0.3) is 0 Å². The number of benzene rings is 2. The number of hydrogen-bond acceptors (Lipinski definition) is 4. The van der Waals surface area contributed by atoms with Crippen molar-refractivity contribution in [2.75, 3.05) is 33.4 Å². The highest BCUT2D eigenvalue weighted by Crippen LogP contribution is 2.38. The molecule has 0 spiro atoms. The Labute approximate surface area is 157 Å². The number of methoxy groups -OCH3 is 1. The zero-order chi connectivity index (χ0) is 17.9. The monoisotopic (exact) mass is 371 g/mol. The Morgan fingerprint density at radius 2 is 1.85 bits per heavy atom. The Bertz CT molecular complexity index is 885. The van der Waals surface area contributed by atoms with Gasteiger partial charge in [0.2, 0.25) is 0 Å². The Kier molecular flexibility index (Phi) is 5.09. The van der Waals surface area contributed by atoms with Crippen LogP contribution in [0.4, 0.5) is 4.39 Å². The maximum absolute atomic E-state index is 14.4. The zero-order valence-electron chi connectivity index (χ0n) is 14.8. The third kappa shape index (κ3) is 3.55. The molecule has 1 aliphatic heterocycles. The van der Waals surface area contributed by atoms with E-state index in [-0.39, 0.29) is 11.6 Å². The molecule has 3 nitrogen and oxygen atoms in total. The summed E-state index contributed by atoms with van der Waals surface area (Å²) >= 11 is 1.44.